The van der Waals surface area contributed by atoms with Gasteiger partial charge in [0.2, 0.25) is 0 Å². The second-order valence-electron chi connectivity index (χ2n) is 22.0. The molecule has 0 bridgehead atoms. The van der Waals surface area contributed by atoms with Crippen LogP contribution >= 0.6 is 0 Å². The van der Waals surface area contributed by atoms with Crippen LogP contribution in [0, 0.1) is 0 Å². The molecule has 1 aromatic heterocycles. The number of aromatic nitrogens is 3. The maximum Gasteiger partial charge on any atom is 0.252 e. The molecule has 314 valence electrons. The fourth-order valence-corrected chi connectivity index (χ4v) is 9.65. The summed E-state index contributed by atoms with van der Waals surface area (Å²) >= 11 is 0. The highest BCUT2D eigenvalue weighted by atomic mass is 15.2. The lowest BCUT2D eigenvalue weighted by molar-refractivity contribution is 0.568. The zero-order chi connectivity index (χ0) is 44.4. The van der Waals surface area contributed by atoms with Crippen molar-refractivity contribution in [2.45, 2.75) is 105 Å². The number of hydrogen-bond acceptors (Lipinski definition) is 5. The Bertz CT molecular complexity index is 2870. The maximum absolute atomic E-state index is 4.80. The largest absolute Gasteiger partial charge is 0.311 e. The summed E-state index contributed by atoms with van der Waals surface area (Å²) in [5.74, 6) is 0.645. The van der Waals surface area contributed by atoms with Gasteiger partial charge >= 0.3 is 0 Å². The topological polar surface area (TPSA) is 45.2 Å². The van der Waals surface area contributed by atoms with Crippen LogP contribution in [-0.4, -0.2) is 21.7 Å². The van der Waals surface area contributed by atoms with Gasteiger partial charge in [-0.05, 0) is 130 Å². The van der Waals surface area contributed by atoms with Gasteiger partial charge in [0.1, 0.15) is 12.7 Å². The van der Waals surface area contributed by atoms with Gasteiger partial charge < -0.3 is 9.80 Å². The monoisotopic (exact) mass is 823 g/mol. The lowest BCUT2D eigenvalue weighted by atomic mass is 9.33. The molecule has 0 N–H and O–H groups in total. The lowest BCUT2D eigenvalue weighted by Crippen LogP contribution is -2.61. The van der Waals surface area contributed by atoms with Crippen LogP contribution in [0.4, 0.5) is 34.1 Å². The van der Waals surface area contributed by atoms with E-state index in [0.29, 0.717) is 5.82 Å². The van der Waals surface area contributed by atoms with Crippen molar-refractivity contribution in [1.29, 1.82) is 0 Å². The van der Waals surface area contributed by atoms with Gasteiger partial charge in [0.05, 0.1) is 0 Å². The molecule has 0 atom stereocenters. The second kappa shape index (κ2) is 14.1. The van der Waals surface area contributed by atoms with E-state index in [1.165, 1.54) is 71.6 Å². The van der Waals surface area contributed by atoms with E-state index in [4.69, 9.17) is 9.97 Å². The van der Waals surface area contributed by atoms with Crippen molar-refractivity contribution in [3.05, 3.63) is 156 Å². The molecule has 63 heavy (non-hydrogen) atoms. The van der Waals surface area contributed by atoms with E-state index < -0.39 is 0 Å². The first-order chi connectivity index (χ1) is 29.7. The summed E-state index contributed by atoms with van der Waals surface area (Å²) in [6, 6.07) is 46.7. The first kappa shape index (κ1) is 40.8. The normalized spacial score (nSPS) is 13.9. The molecular weight excluding hydrogens is 765 g/mol. The average Bonchev–Trinajstić information content (AvgIpc) is 3.23. The van der Waals surface area contributed by atoms with E-state index in [1.54, 1.807) is 12.7 Å². The van der Waals surface area contributed by atoms with E-state index in [9.17, 15) is 0 Å². The first-order valence-corrected chi connectivity index (χ1v) is 22.5. The molecule has 10 rings (SSSR count). The Morgan fingerprint density at radius 3 is 1.10 bits per heavy atom. The molecule has 0 spiro atoms. The molecule has 2 aliphatic heterocycles. The van der Waals surface area contributed by atoms with Crippen molar-refractivity contribution < 1.29 is 0 Å². The molecule has 0 aliphatic carbocycles. The highest BCUT2D eigenvalue weighted by Crippen LogP contribution is 2.49. The number of nitrogens with zero attached hydrogens (tertiary/aromatic N) is 5. The predicted octanol–water partition coefficient (Wildman–Crippen LogP) is 13.1. The molecule has 0 fully saturated rings. The van der Waals surface area contributed by atoms with Crippen LogP contribution in [0.2, 0.25) is 0 Å². The molecule has 0 saturated carbocycles. The molecule has 0 radical (unpaired) electrons. The summed E-state index contributed by atoms with van der Waals surface area (Å²) in [6.07, 6.45) is 3.22. The Morgan fingerprint density at radius 1 is 0.397 bits per heavy atom. The van der Waals surface area contributed by atoms with Gasteiger partial charge in [-0.15, -0.1) is 0 Å². The van der Waals surface area contributed by atoms with Gasteiger partial charge in [-0.25, -0.2) is 15.0 Å². The maximum atomic E-state index is 4.80. The van der Waals surface area contributed by atoms with Gasteiger partial charge in [-0.2, -0.15) is 0 Å². The van der Waals surface area contributed by atoms with E-state index in [1.807, 2.05) is 0 Å². The number of fused-ring (bicyclic) bond motifs is 6. The van der Waals surface area contributed by atoms with Gasteiger partial charge in [0.15, 0.2) is 5.82 Å². The highest BCUT2D eigenvalue weighted by Gasteiger charge is 2.45. The van der Waals surface area contributed by atoms with Gasteiger partial charge in [-0.3, -0.25) is 0 Å². The minimum absolute atomic E-state index is 0.0603. The number of benzene rings is 7. The van der Waals surface area contributed by atoms with Crippen LogP contribution < -0.4 is 26.2 Å². The van der Waals surface area contributed by atoms with Crippen molar-refractivity contribution in [3.8, 4) is 11.4 Å². The molecular formula is C57H58BN5. The lowest BCUT2D eigenvalue weighted by Gasteiger charge is -2.45. The van der Waals surface area contributed by atoms with Crippen molar-refractivity contribution in [1.82, 2.24) is 15.0 Å². The summed E-state index contributed by atoms with van der Waals surface area (Å²) in [4.78, 5) is 19.0. The summed E-state index contributed by atoms with van der Waals surface area (Å²) in [5, 5.41) is 4.90. The number of rotatable bonds is 3. The average molecular weight is 824 g/mol. The SMILES string of the molecule is CC(C)(C)c1cc(N2c3cc4ccccc4cc3B3c4cc5ccccc5cc4N(c4cc(C(C)(C)C)cc(C(C)(C)C)c4)c4cc(-c5ncncn5)cc2c43)cc(C(C)(C)C)c1. The quantitative estimate of drug-likeness (QED) is 0.166. The molecule has 6 heteroatoms. The number of anilines is 6. The fraction of sp³-hybridized carbons (Fsp3) is 0.281. The van der Waals surface area contributed by atoms with Crippen molar-refractivity contribution >= 4 is 78.8 Å². The van der Waals surface area contributed by atoms with Crippen molar-refractivity contribution in [3.63, 3.8) is 0 Å². The minimum atomic E-state index is -0.0771. The van der Waals surface area contributed by atoms with Crippen LogP contribution in [0.3, 0.4) is 0 Å². The smallest absolute Gasteiger partial charge is 0.252 e. The van der Waals surface area contributed by atoms with Gasteiger partial charge in [0, 0.05) is 39.7 Å². The zero-order valence-electron chi connectivity index (χ0n) is 39.0. The molecule has 2 aliphatic rings. The van der Waals surface area contributed by atoms with E-state index in [2.05, 4.69) is 219 Å². The van der Waals surface area contributed by atoms with Crippen molar-refractivity contribution in [2.75, 3.05) is 9.80 Å². The summed E-state index contributed by atoms with van der Waals surface area (Å²) in [5.41, 5.74) is 16.7. The van der Waals surface area contributed by atoms with E-state index >= 15 is 0 Å². The Balaban J connectivity index is 1.40. The van der Waals surface area contributed by atoms with E-state index in [-0.39, 0.29) is 28.4 Å². The Morgan fingerprint density at radius 2 is 0.746 bits per heavy atom. The van der Waals surface area contributed by atoms with Crippen LogP contribution in [0.25, 0.3) is 32.9 Å². The van der Waals surface area contributed by atoms with Crippen LogP contribution in [-0.2, 0) is 21.7 Å². The molecule has 0 unspecified atom stereocenters. The summed E-state index contributed by atoms with van der Waals surface area (Å²) < 4.78 is 0. The Labute approximate surface area is 374 Å². The standard InChI is InChI=1S/C57H58BN5/c1-54(2,3)40-27-41(55(4,5)6)30-44(29-40)62-48-23-37-19-15-13-17-35(37)21-46(48)58-47-22-36-18-14-16-20-38(36)24-49(47)63(45-31-42(56(7,8)9)28-43(32-45)57(10,11)12)51-26-39(25-50(62)52(51)58)53-60-33-59-34-61-53/h13-34H,1-12H3. The van der Waals surface area contributed by atoms with Gasteiger partial charge in [-0.1, -0.05) is 156 Å². The first-order valence-electron chi connectivity index (χ1n) is 22.5. The molecule has 8 aromatic rings. The predicted molar refractivity (Wildman–Crippen MR) is 269 cm³/mol. The summed E-state index contributed by atoms with van der Waals surface area (Å²) in [6.45, 7) is 27.8. The molecule has 0 amide bonds. The van der Waals surface area contributed by atoms with E-state index in [0.717, 1.165) is 28.3 Å². The van der Waals surface area contributed by atoms with Crippen LogP contribution in [0.1, 0.15) is 105 Å². The minimum Gasteiger partial charge on any atom is -0.311 e. The fourth-order valence-electron chi connectivity index (χ4n) is 9.65. The third-order valence-electron chi connectivity index (χ3n) is 13.4. The summed E-state index contributed by atoms with van der Waals surface area (Å²) in [7, 11) is 0. The Hall–Kier alpha value is -6.27. The third-order valence-corrected chi connectivity index (χ3v) is 13.4. The molecule has 7 aromatic carbocycles. The van der Waals surface area contributed by atoms with Gasteiger partial charge in [0.25, 0.3) is 6.71 Å². The van der Waals surface area contributed by atoms with Crippen LogP contribution in [0.5, 0.6) is 0 Å². The van der Waals surface area contributed by atoms with Crippen molar-refractivity contribution in [2.24, 2.45) is 0 Å². The highest BCUT2D eigenvalue weighted by molar-refractivity contribution is 7.00. The molecule has 3 heterocycles. The third kappa shape index (κ3) is 6.99. The van der Waals surface area contributed by atoms with Crippen LogP contribution in [0.15, 0.2) is 134 Å². The zero-order valence-corrected chi connectivity index (χ0v) is 39.0. The number of hydrogen-bond donors (Lipinski definition) is 0. The Kier molecular flexibility index (Phi) is 9.14. The molecule has 0 saturated heterocycles. The molecule has 5 nitrogen and oxygen atoms in total. The second-order valence-corrected chi connectivity index (χ2v) is 22.0.